The van der Waals surface area contributed by atoms with E-state index in [2.05, 4.69) is 15.3 Å². The van der Waals surface area contributed by atoms with Gasteiger partial charge in [0.15, 0.2) is 0 Å². The number of hydrogen-bond donors (Lipinski definition) is 1. The van der Waals surface area contributed by atoms with Crippen LogP contribution >= 0.6 is 0 Å². The molecule has 0 saturated carbocycles. The summed E-state index contributed by atoms with van der Waals surface area (Å²) in [4.78, 5) is 14.5. The number of azide groups is 1. The molecule has 0 aliphatic rings. The minimum absolute atomic E-state index is 0.103. The molecule has 5 nitrogen and oxygen atoms in total. The number of nitrogens with zero attached hydrogens (tertiary/aromatic N) is 3. The number of nitrogens with one attached hydrogen (secondary N) is 1. The Balaban J connectivity index is 2.94. The minimum Gasteiger partial charge on any atom is -0.350 e. The SMILES string of the molecule is CCC(C)NC(=O)c1ccccc1N=[N+]=[N-]. The predicted molar refractivity (Wildman–Crippen MR) is 62.5 cm³/mol. The summed E-state index contributed by atoms with van der Waals surface area (Å²) < 4.78 is 0. The van der Waals surface area contributed by atoms with Gasteiger partial charge < -0.3 is 5.32 Å². The van der Waals surface area contributed by atoms with Crippen LogP contribution in [0.25, 0.3) is 10.4 Å². The van der Waals surface area contributed by atoms with Crippen molar-refractivity contribution in [3.8, 4) is 0 Å². The van der Waals surface area contributed by atoms with Crippen LogP contribution in [-0.2, 0) is 0 Å². The lowest BCUT2D eigenvalue weighted by atomic mass is 10.1. The Morgan fingerprint density at radius 1 is 1.56 bits per heavy atom. The van der Waals surface area contributed by atoms with Crippen molar-refractivity contribution in [2.24, 2.45) is 5.11 Å². The van der Waals surface area contributed by atoms with E-state index in [0.29, 0.717) is 11.3 Å². The van der Waals surface area contributed by atoms with Crippen LogP contribution in [-0.4, -0.2) is 11.9 Å². The summed E-state index contributed by atoms with van der Waals surface area (Å²) in [5.41, 5.74) is 9.14. The molecule has 5 heteroatoms. The van der Waals surface area contributed by atoms with Gasteiger partial charge in [0.2, 0.25) is 0 Å². The van der Waals surface area contributed by atoms with Crippen LogP contribution < -0.4 is 5.32 Å². The summed E-state index contributed by atoms with van der Waals surface area (Å²) in [7, 11) is 0. The summed E-state index contributed by atoms with van der Waals surface area (Å²) in [5.74, 6) is -0.211. The Hall–Kier alpha value is -2.00. The summed E-state index contributed by atoms with van der Waals surface area (Å²) in [5, 5.41) is 6.30. The van der Waals surface area contributed by atoms with E-state index in [1.54, 1.807) is 24.3 Å². The highest BCUT2D eigenvalue weighted by atomic mass is 16.1. The Kier molecular flexibility index (Phi) is 4.36. The van der Waals surface area contributed by atoms with Crippen molar-refractivity contribution in [3.63, 3.8) is 0 Å². The van der Waals surface area contributed by atoms with Crippen LogP contribution in [0.5, 0.6) is 0 Å². The molecule has 1 aromatic carbocycles. The molecule has 0 heterocycles. The van der Waals surface area contributed by atoms with Gasteiger partial charge in [-0.3, -0.25) is 4.79 Å². The van der Waals surface area contributed by atoms with Crippen LogP contribution in [0.2, 0.25) is 0 Å². The minimum atomic E-state index is -0.211. The van der Waals surface area contributed by atoms with E-state index in [1.165, 1.54) is 0 Å². The van der Waals surface area contributed by atoms with E-state index < -0.39 is 0 Å². The lowest BCUT2D eigenvalue weighted by Crippen LogP contribution is -2.31. The van der Waals surface area contributed by atoms with Gasteiger partial charge >= 0.3 is 0 Å². The normalized spacial score (nSPS) is 11.4. The lowest BCUT2D eigenvalue weighted by Gasteiger charge is -2.12. The predicted octanol–water partition coefficient (Wildman–Crippen LogP) is 3.16. The smallest absolute Gasteiger partial charge is 0.251 e. The molecule has 0 saturated heterocycles. The van der Waals surface area contributed by atoms with Gasteiger partial charge in [0, 0.05) is 16.5 Å². The van der Waals surface area contributed by atoms with Gasteiger partial charge in [-0.05, 0) is 24.9 Å². The Bertz CT molecular complexity index is 424. The van der Waals surface area contributed by atoms with Crippen molar-refractivity contribution >= 4 is 11.6 Å². The third-order valence-corrected chi connectivity index (χ3v) is 2.29. The number of carbonyl (C=O) groups is 1. The summed E-state index contributed by atoms with van der Waals surface area (Å²) >= 11 is 0. The monoisotopic (exact) mass is 218 g/mol. The average molecular weight is 218 g/mol. The maximum Gasteiger partial charge on any atom is 0.251 e. The molecule has 1 aromatic rings. The van der Waals surface area contributed by atoms with Gasteiger partial charge in [0.1, 0.15) is 0 Å². The first-order valence-electron chi connectivity index (χ1n) is 5.14. The molecule has 0 fully saturated rings. The van der Waals surface area contributed by atoms with Crippen LogP contribution in [0.3, 0.4) is 0 Å². The maximum absolute atomic E-state index is 11.8. The molecule has 0 spiro atoms. The zero-order chi connectivity index (χ0) is 12.0. The van der Waals surface area contributed by atoms with Gasteiger partial charge in [-0.25, -0.2) is 0 Å². The summed E-state index contributed by atoms with van der Waals surface area (Å²) in [6, 6.07) is 6.82. The van der Waals surface area contributed by atoms with Crippen LogP contribution in [0, 0.1) is 0 Å². The number of rotatable bonds is 4. The standard InChI is InChI=1S/C11H14N4O/c1-3-8(2)13-11(16)9-6-4-5-7-10(9)14-15-12/h4-8H,3H2,1-2H3,(H,13,16). The van der Waals surface area contributed by atoms with Gasteiger partial charge in [0.25, 0.3) is 5.91 Å². The second-order valence-electron chi connectivity index (χ2n) is 3.49. The molecule has 84 valence electrons. The van der Waals surface area contributed by atoms with E-state index in [9.17, 15) is 4.79 Å². The van der Waals surface area contributed by atoms with E-state index in [1.807, 2.05) is 13.8 Å². The van der Waals surface area contributed by atoms with Crippen LogP contribution in [0.1, 0.15) is 30.6 Å². The number of amides is 1. The highest BCUT2D eigenvalue weighted by Gasteiger charge is 2.11. The van der Waals surface area contributed by atoms with Crippen molar-refractivity contribution in [1.82, 2.24) is 5.32 Å². The van der Waals surface area contributed by atoms with Crippen molar-refractivity contribution < 1.29 is 4.79 Å². The topological polar surface area (TPSA) is 77.9 Å². The quantitative estimate of drug-likeness (QED) is 0.470. The van der Waals surface area contributed by atoms with Crippen molar-refractivity contribution in [3.05, 3.63) is 40.3 Å². The fraction of sp³-hybridized carbons (Fsp3) is 0.364. The molecule has 1 atom stereocenters. The Morgan fingerprint density at radius 3 is 2.88 bits per heavy atom. The molecule has 0 bridgehead atoms. The second-order valence-corrected chi connectivity index (χ2v) is 3.49. The molecule has 0 radical (unpaired) electrons. The zero-order valence-electron chi connectivity index (χ0n) is 9.34. The molecule has 1 unspecified atom stereocenters. The van der Waals surface area contributed by atoms with E-state index in [0.717, 1.165) is 6.42 Å². The van der Waals surface area contributed by atoms with Crippen LogP contribution in [0.4, 0.5) is 5.69 Å². The van der Waals surface area contributed by atoms with Crippen molar-refractivity contribution in [2.45, 2.75) is 26.3 Å². The first kappa shape index (κ1) is 12.1. The zero-order valence-corrected chi connectivity index (χ0v) is 9.34. The highest BCUT2D eigenvalue weighted by molar-refractivity contribution is 5.99. The van der Waals surface area contributed by atoms with Gasteiger partial charge in [-0.15, -0.1) is 0 Å². The van der Waals surface area contributed by atoms with Gasteiger partial charge in [-0.2, -0.15) is 0 Å². The molecule has 0 aromatic heterocycles. The Labute approximate surface area is 94.1 Å². The van der Waals surface area contributed by atoms with E-state index in [-0.39, 0.29) is 11.9 Å². The van der Waals surface area contributed by atoms with E-state index in [4.69, 9.17) is 5.53 Å². The van der Waals surface area contributed by atoms with Crippen molar-refractivity contribution in [1.29, 1.82) is 0 Å². The third kappa shape index (κ3) is 3.00. The molecule has 16 heavy (non-hydrogen) atoms. The fourth-order valence-corrected chi connectivity index (χ4v) is 1.20. The molecule has 1 amide bonds. The van der Waals surface area contributed by atoms with Gasteiger partial charge in [-0.1, -0.05) is 30.2 Å². The second kappa shape index (κ2) is 5.78. The molecule has 0 aliphatic carbocycles. The summed E-state index contributed by atoms with van der Waals surface area (Å²) in [6.07, 6.45) is 0.857. The van der Waals surface area contributed by atoms with Gasteiger partial charge in [0.05, 0.1) is 5.69 Å². The molecule has 1 rings (SSSR count). The Morgan fingerprint density at radius 2 is 2.25 bits per heavy atom. The number of carbonyl (C=O) groups excluding carboxylic acids is 1. The molecule has 1 N–H and O–H groups in total. The maximum atomic E-state index is 11.8. The lowest BCUT2D eigenvalue weighted by molar-refractivity contribution is 0.0940. The average Bonchev–Trinajstić information content (AvgIpc) is 2.30. The number of benzene rings is 1. The largest absolute Gasteiger partial charge is 0.350 e. The fourth-order valence-electron chi connectivity index (χ4n) is 1.20. The van der Waals surface area contributed by atoms with Crippen molar-refractivity contribution in [2.75, 3.05) is 0 Å². The first-order chi connectivity index (χ1) is 7.69. The van der Waals surface area contributed by atoms with Crippen LogP contribution in [0.15, 0.2) is 29.4 Å². The molecule has 0 aliphatic heterocycles. The first-order valence-corrected chi connectivity index (χ1v) is 5.14. The summed E-state index contributed by atoms with van der Waals surface area (Å²) in [6.45, 7) is 3.92. The molecular formula is C11H14N4O. The third-order valence-electron chi connectivity index (χ3n) is 2.29. The molecular weight excluding hydrogens is 204 g/mol. The number of hydrogen-bond acceptors (Lipinski definition) is 2. The van der Waals surface area contributed by atoms with E-state index >= 15 is 0 Å². The highest BCUT2D eigenvalue weighted by Crippen LogP contribution is 2.18.